The van der Waals surface area contributed by atoms with Crippen LogP contribution in [-0.2, 0) is 4.79 Å². The van der Waals surface area contributed by atoms with Crippen molar-refractivity contribution in [1.29, 1.82) is 0 Å². The third-order valence-corrected chi connectivity index (χ3v) is 3.76. The zero-order valence-corrected chi connectivity index (χ0v) is 14.5. The van der Waals surface area contributed by atoms with Crippen molar-refractivity contribution >= 4 is 41.5 Å². The van der Waals surface area contributed by atoms with Gasteiger partial charge in [-0.15, -0.1) is 12.4 Å². The number of benzene rings is 1. The van der Waals surface area contributed by atoms with Crippen LogP contribution >= 0.6 is 35.6 Å². The maximum absolute atomic E-state index is 13.5. The van der Waals surface area contributed by atoms with Crippen LogP contribution in [-0.4, -0.2) is 11.4 Å². The highest BCUT2D eigenvalue weighted by molar-refractivity contribution is 6.35. The summed E-state index contributed by atoms with van der Waals surface area (Å²) in [5.74, 6) is -0.866. The lowest BCUT2D eigenvalue weighted by molar-refractivity contribution is -0.126. The van der Waals surface area contributed by atoms with E-state index >= 15 is 0 Å². The van der Waals surface area contributed by atoms with Crippen LogP contribution in [0.25, 0.3) is 0 Å². The minimum Gasteiger partial charge on any atom is -0.348 e. The van der Waals surface area contributed by atoms with Crippen molar-refractivity contribution in [1.82, 2.24) is 5.32 Å². The Morgan fingerprint density at radius 2 is 2.00 bits per heavy atom. The summed E-state index contributed by atoms with van der Waals surface area (Å²) in [7, 11) is 0. The van der Waals surface area contributed by atoms with E-state index in [9.17, 15) is 9.18 Å². The molecule has 0 fully saturated rings. The van der Waals surface area contributed by atoms with E-state index in [4.69, 9.17) is 28.9 Å². The maximum atomic E-state index is 13.5. The Hall–Kier alpha value is -0.550. The van der Waals surface area contributed by atoms with E-state index < -0.39 is 17.4 Å². The summed E-state index contributed by atoms with van der Waals surface area (Å²) in [5, 5.41) is 3.01. The quantitative estimate of drug-likeness (QED) is 0.774. The number of halogens is 4. The summed E-state index contributed by atoms with van der Waals surface area (Å²) in [6, 6.07) is 2.09. The van der Waals surface area contributed by atoms with Crippen molar-refractivity contribution in [2.45, 2.75) is 45.2 Å². The number of hydrogen-bond acceptors (Lipinski definition) is 2. The molecule has 0 saturated carbocycles. The van der Waals surface area contributed by atoms with Crippen LogP contribution in [0.3, 0.4) is 0 Å². The van der Waals surface area contributed by atoms with Gasteiger partial charge in [-0.25, -0.2) is 4.39 Å². The molecule has 0 spiro atoms. The maximum Gasteiger partial charge on any atom is 0.240 e. The molecule has 1 aromatic carbocycles. The smallest absolute Gasteiger partial charge is 0.240 e. The summed E-state index contributed by atoms with van der Waals surface area (Å²) < 4.78 is 13.5. The Bertz CT molecular complexity index is 509. The number of carbonyl (C=O) groups is 1. The highest BCUT2D eigenvalue weighted by Gasteiger charge is 2.28. The first-order valence-corrected chi connectivity index (χ1v) is 7.19. The Labute approximate surface area is 140 Å². The molecule has 120 valence electrons. The van der Waals surface area contributed by atoms with E-state index in [0.717, 1.165) is 6.42 Å². The number of hydrogen-bond donors (Lipinski definition) is 2. The second-order valence-electron chi connectivity index (χ2n) is 5.15. The van der Waals surface area contributed by atoms with E-state index in [0.29, 0.717) is 17.0 Å². The number of amides is 1. The van der Waals surface area contributed by atoms with Crippen molar-refractivity contribution in [3.63, 3.8) is 0 Å². The van der Waals surface area contributed by atoms with Crippen molar-refractivity contribution < 1.29 is 9.18 Å². The van der Waals surface area contributed by atoms with Gasteiger partial charge in [-0.1, -0.05) is 36.5 Å². The molecule has 0 bridgehead atoms. The number of carbonyl (C=O) groups excluding carboxylic acids is 1. The average Bonchev–Trinajstić information content (AvgIpc) is 2.33. The van der Waals surface area contributed by atoms with Crippen LogP contribution in [0.4, 0.5) is 4.39 Å². The molecule has 1 amide bonds. The van der Waals surface area contributed by atoms with Crippen molar-refractivity contribution in [2.24, 2.45) is 5.73 Å². The number of nitrogens with one attached hydrogen (secondary N) is 1. The van der Waals surface area contributed by atoms with Crippen molar-refractivity contribution in [2.75, 3.05) is 0 Å². The second-order valence-corrected chi connectivity index (χ2v) is 5.96. The molecule has 7 heteroatoms. The molecule has 21 heavy (non-hydrogen) atoms. The fourth-order valence-corrected chi connectivity index (χ4v) is 2.49. The molecule has 1 aromatic rings. The topological polar surface area (TPSA) is 55.1 Å². The molecule has 0 aliphatic heterocycles. The SMILES string of the molecule is CCCC(C)(N)C(=O)NC(C)c1cc(F)c(Cl)cc1Cl.Cl. The summed E-state index contributed by atoms with van der Waals surface area (Å²) in [5.41, 5.74) is 5.46. The van der Waals surface area contributed by atoms with E-state index in [1.165, 1.54) is 12.1 Å². The third-order valence-electron chi connectivity index (χ3n) is 3.14. The first kappa shape index (κ1) is 20.5. The average molecular weight is 358 g/mol. The largest absolute Gasteiger partial charge is 0.348 e. The fraction of sp³-hybridized carbons (Fsp3) is 0.500. The summed E-state index contributed by atoms with van der Waals surface area (Å²) in [6.45, 7) is 5.34. The van der Waals surface area contributed by atoms with Crippen LogP contribution in [0.2, 0.25) is 10.0 Å². The number of rotatable bonds is 5. The summed E-state index contributed by atoms with van der Waals surface area (Å²) >= 11 is 11.7. The minimum atomic E-state index is -0.958. The Morgan fingerprint density at radius 3 is 2.52 bits per heavy atom. The standard InChI is InChI=1S/C14H19Cl2FN2O.ClH/c1-4-5-14(3,18)13(20)19-8(2)9-6-12(17)11(16)7-10(9)15;/h6-8H,4-5,18H2,1-3H3,(H,19,20);1H. The first-order chi connectivity index (χ1) is 9.19. The van der Waals surface area contributed by atoms with Crippen LogP contribution in [0, 0.1) is 5.82 Å². The van der Waals surface area contributed by atoms with Crippen LogP contribution in [0.15, 0.2) is 12.1 Å². The van der Waals surface area contributed by atoms with Gasteiger partial charge >= 0.3 is 0 Å². The van der Waals surface area contributed by atoms with Crippen molar-refractivity contribution in [3.05, 3.63) is 33.6 Å². The monoisotopic (exact) mass is 356 g/mol. The van der Waals surface area contributed by atoms with E-state index in [-0.39, 0.29) is 23.3 Å². The van der Waals surface area contributed by atoms with Crippen LogP contribution in [0.5, 0.6) is 0 Å². The highest BCUT2D eigenvalue weighted by atomic mass is 35.5. The minimum absolute atomic E-state index is 0. The lowest BCUT2D eigenvalue weighted by Gasteiger charge is -2.26. The molecule has 3 nitrogen and oxygen atoms in total. The Kier molecular flexibility index (Phi) is 7.97. The molecule has 2 unspecified atom stereocenters. The van der Waals surface area contributed by atoms with Gasteiger partial charge in [0.2, 0.25) is 5.91 Å². The lowest BCUT2D eigenvalue weighted by Crippen LogP contribution is -2.52. The molecule has 0 aromatic heterocycles. The first-order valence-electron chi connectivity index (χ1n) is 6.43. The van der Waals surface area contributed by atoms with Crippen LogP contribution < -0.4 is 11.1 Å². The zero-order chi connectivity index (χ0) is 15.5. The molecular weight excluding hydrogens is 338 g/mol. The molecule has 2 atom stereocenters. The number of nitrogens with two attached hydrogens (primary N) is 1. The predicted octanol–water partition coefficient (Wildman–Crippen LogP) is 4.25. The van der Waals surface area contributed by atoms with Gasteiger partial charge < -0.3 is 11.1 Å². The van der Waals surface area contributed by atoms with E-state index in [1.54, 1.807) is 13.8 Å². The second kappa shape index (κ2) is 8.18. The molecule has 0 heterocycles. The van der Waals surface area contributed by atoms with Crippen molar-refractivity contribution in [3.8, 4) is 0 Å². The fourth-order valence-electron chi connectivity index (χ4n) is 1.94. The van der Waals surface area contributed by atoms with Gasteiger partial charge in [0.25, 0.3) is 0 Å². The van der Waals surface area contributed by atoms with Gasteiger partial charge in [0.05, 0.1) is 16.6 Å². The summed E-state index contributed by atoms with van der Waals surface area (Å²) in [6.07, 6.45) is 1.36. The van der Waals surface area contributed by atoms with Gasteiger partial charge in [0, 0.05) is 5.02 Å². The molecular formula is C14H20Cl3FN2O. The van der Waals surface area contributed by atoms with E-state index in [1.807, 2.05) is 6.92 Å². The Morgan fingerprint density at radius 1 is 1.43 bits per heavy atom. The van der Waals surface area contributed by atoms with Gasteiger partial charge in [-0.3, -0.25) is 4.79 Å². The normalized spacial score (nSPS) is 14.8. The van der Waals surface area contributed by atoms with Gasteiger partial charge in [0.15, 0.2) is 0 Å². The molecule has 3 N–H and O–H groups in total. The van der Waals surface area contributed by atoms with Gasteiger partial charge in [-0.05, 0) is 38.0 Å². The van der Waals surface area contributed by atoms with Gasteiger partial charge in [0.1, 0.15) is 5.82 Å². The molecule has 0 aliphatic rings. The summed E-state index contributed by atoms with van der Waals surface area (Å²) in [4.78, 5) is 12.1. The molecule has 0 radical (unpaired) electrons. The lowest BCUT2D eigenvalue weighted by atomic mass is 9.95. The molecule has 0 saturated heterocycles. The predicted molar refractivity (Wildman–Crippen MR) is 87.7 cm³/mol. The third kappa shape index (κ3) is 5.29. The van der Waals surface area contributed by atoms with Crippen LogP contribution in [0.1, 0.15) is 45.2 Å². The zero-order valence-electron chi connectivity index (χ0n) is 12.2. The highest BCUT2D eigenvalue weighted by Crippen LogP contribution is 2.28. The molecule has 1 rings (SSSR count). The van der Waals surface area contributed by atoms with Gasteiger partial charge in [-0.2, -0.15) is 0 Å². The van der Waals surface area contributed by atoms with E-state index in [2.05, 4.69) is 5.32 Å². The Balaban J connectivity index is 0.00000400. The molecule has 0 aliphatic carbocycles.